The molecule has 0 heterocycles. The second-order valence-corrected chi connectivity index (χ2v) is 5.26. The third-order valence-electron chi connectivity index (χ3n) is 3.74. The minimum absolute atomic E-state index is 0.149. The quantitative estimate of drug-likeness (QED) is 0.809. The molecule has 0 bridgehead atoms. The summed E-state index contributed by atoms with van der Waals surface area (Å²) in [5.41, 5.74) is 1.89. The SMILES string of the molecule is COc1ccc(CCNC(=O)[C@@H](OC)c2ccccc2)cc1OC. The van der Waals surface area contributed by atoms with Crippen LogP contribution in [0.25, 0.3) is 0 Å². The van der Waals surface area contributed by atoms with Crippen molar-refractivity contribution in [2.45, 2.75) is 12.5 Å². The number of nitrogens with one attached hydrogen (secondary N) is 1. The van der Waals surface area contributed by atoms with Crippen LogP contribution in [-0.2, 0) is 16.0 Å². The molecule has 2 aromatic carbocycles. The van der Waals surface area contributed by atoms with Crippen LogP contribution in [0.4, 0.5) is 0 Å². The summed E-state index contributed by atoms with van der Waals surface area (Å²) in [6.07, 6.45) is 0.0914. The maximum Gasteiger partial charge on any atom is 0.253 e. The third kappa shape index (κ3) is 4.49. The van der Waals surface area contributed by atoms with E-state index in [2.05, 4.69) is 5.32 Å². The zero-order chi connectivity index (χ0) is 17.4. The Morgan fingerprint density at radius 3 is 2.33 bits per heavy atom. The fraction of sp³-hybridized carbons (Fsp3) is 0.316. The Kier molecular flexibility index (Phi) is 6.63. The minimum atomic E-state index is -0.600. The Bertz CT molecular complexity index is 658. The van der Waals surface area contributed by atoms with Crippen molar-refractivity contribution >= 4 is 5.91 Å². The molecule has 1 N–H and O–H groups in total. The molecule has 0 saturated heterocycles. The molecule has 2 rings (SSSR count). The van der Waals surface area contributed by atoms with Crippen LogP contribution < -0.4 is 14.8 Å². The average Bonchev–Trinajstić information content (AvgIpc) is 2.63. The Balaban J connectivity index is 1.92. The molecule has 0 aliphatic carbocycles. The van der Waals surface area contributed by atoms with Crippen LogP contribution >= 0.6 is 0 Å². The summed E-state index contributed by atoms with van der Waals surface area (Å²) >= 11 is 0. The lowest BCUT2D eigenvalue weighted by Gasteiger charge is -2.16. The van der Waals surface area contributed by atoms with Gasteiger partial charge in [0.2, 0.25) is 0 Å². The second-order valence-electron chi connectivity index (χ2n) is 5.26. The minimum Gasteiger partial charge on any atom is -0.493 e. The van der Waals surface area contributed by atoms with Gasteiger partial charge in [-0.3, -0.25) is 4.79 Å². The van der Waals surface area contributed by atoms with Crippen molar-refractivity contribution in [1.29, 1.82) is 0 Å². The van der Waals surface area contributed by atoms with Gasteiger partial charge < -0.3 is 19.5 Å². The number of hydrogen-bond acceptors (Lipinski definition) is 4. The largest absolute Gasteiger partial charge is 0.493 e. The number of hydrogen-bond donors (Lipinski definition) is 1. The fourth-order valence-corrected chi connectivity index (χ4v) is 2.48. The van der Waals surface area contributed by atoms with Crippen LogP contribution in [0.1, 0.15) is 17.2 Å². The maximum absolute atomic E-state index is 12.3. The molecule has 0 radical (unpaired) electrons. The van der Waals surface area contributed by atoms with E-state index in [9.17, 15) is 4.79 Å². The van der Waals surface area contributed by atoms with Gasteiger partial charge in [0, 0.05) is 13.7 Å². The van der Waals surface area contributed by atoms with Gasteiger partial charge in [0.1, 0.15) is 0 Å². The Morgan fingerprint density at radius 2 is 1.71 bits per heavy atom. The number of ether oxygens (including phenoxy) is 3. The molecule has 5 nitrogen and oxygen atoms in total. The molecule has 128 valence electrons. The van der Waals surface area contributed by atoms with E-state index in [-0.39, 0.29) is 5.91 Å². The highest BCUT2D eigenvalue weighted by atomic mass is 16.5. The molecule has 0 aromatic heterocycles. The van der Waals surface area contributed by atoms with E-state index < -0.39 is 6.10 Å². The summed E-state index contributed by atoms with van der Waals surface area (Å²) in [7, 11) is 4.74. The number of methoxy groups -OCH3 is 3. The Labute approximate surface area is 142 Å². The van der Waals surface area contributed by atoms with E-state index in [0.29, 0.717) is 24.5 Å². The van der Waals surface area contributed by atoms with Gasteiger partial charge in [-0.2, -0.15) is 0 Å². The maximum atomic E-state index is 12.3. The number of carbonyl (C=O) groups is 1. The molecule has 0 fully saturated rings. The summed E-state index contributed by atoms with van der Waals surface area (Å²) in [6, 6.07) is 15.2. The predicted molar refractivity (Wildman–Crippen MR) is 92.5 cm³/mol. The zero-order valence-electron chi connectivity index (χ0n) is 14.2. The summed E-state index contributed by atoms with van der Waals surface area (Å²) in [5, 5.41) is 2.91. The van der Waals surface area contributed by atoms with E-state index in [4.69, 9.17) is 14.2 Å². The molecule has 5 heteroatoms. The van der Waals surface area contributed by atoms with E-state index in [1.54, 1.807) is 14.2 Å². The smallest absolute Gasteiger partial charge is 0.253 e. The molecule has 0 aliphatic rings. The van der Waals surface area contributed by atoms with Crippen LogP contribution in [0.2, 0.25) is 0 Å². The molecule has 1 amide bonds. The van der Waals surface area contributed by atoms with Crippen LogP contribution in [0.3, 0.4) is 0 Å². The van der Waals surface area contributed by atoms with Gasteiger partial charge in [-0.05, 0) is 29.7 Å². The fourth-order valence-electron chi connectivity index (χ4n) is 2.48. The Morgan fingerprint density at radius 1 is 1.00 bits per heavy atom. The van der Waals surface area contributed by atoms with Crippen molar-refractivity contribution in [3.8, 4) is 11.5 Å². The standard InChI is InChI=1S/C19H23NO4/c1-22-16-10-9-14(13-17(16)23-2)11-12-20-19(21)18(24-3)15-7-5-4-6-8-15/h4-10,13,18H,11-12H2,1-3H3,(H,20,21)/t18-/m0/s1. The van der Waals surface area contributed by atoms with E-state index in [0.717, 1.165) is 11.1 Å². The molecular weight excluding hydrogens is 306 g/mol. The first-order valence-electron chi connectivity index (χ1n) is 7.76. The molecule has 1 atom stereocenters. The van der Waals surface area contributed by atoms with Crippen LogP contribution in [0, 0.1) is 0 Å². The molecular formula is C19H23NO4. The second kappa shape index (κ2) is 8.93. The lowest BCUT2D eigenvalue weighted by molar-refractivity contribution is -0.131. The molecule has 24 heavy (non-hydrogen) atoms. The number of amides is 1. The predicted octanol–water partition coefficient (Wildman–Crippen LogP) is 2.75. The monoisotopic (exact) mass is 329 g/mol. The molecule has 0 aliphatic heterocycles. The number of rotatable bonds is 8. The molecule has 0 spiro atoms. The first-order valence-corrected chi connectivity index (χ1v) is 7.76. The van der Waals surface area contributed by atoms with E-state index in [1.165, 1.54) is 7.11 Å². The highest BCUT2D eigenvalue weighted by Crippen LogP contribution is 2.27. The number of benzene rings is 2. The van der Waals surface area contributed by atoms with Gasteiger partial charge >= 0.3 is 0 Å². The van der Waals surface area contributed by atoms with Crippen LogP contribution in [-0.4, -0.2) is 33.8 Å². The van der Waals surface area contributed by atoms with Crippen molar-refractivity contribution in [2.75, 3.05) is 27.9 Å². The summed E-state index contributed by atoms with van der Waals surface area (Å²) in [4.78, 5) is 12.3. The lowest BCUT2D eigenvalue weighted by Crippen LogP contribution is -2.31. The topological polar surface area (TPSA) is 56.8 Å². The zero-order valence-corrected chi connectivity index (χ0v) is 14.2. The van der Waals surface area contributed by atoms with E-state index >= 15 is 0 Å². The highest BCUT2D eigenvalue weighted by molar-refractivity contribution is 5.82. The van der Waals surface area contributed by atoms with Crippen molar-refractivity contribution in [3.63, 3.8) is 0 Å². The van der Waals surface area contributed by atoms with E-state index in [1.807, 2.05) is 48.5 Å². The van der Waals surface area contributed by atoms with Crippen LogP contribution in [0.15, 0.2) is 48.5 Å². The van der Waals surface area contributed by atoms with Crippen LogP contribution in [0.5, 0.6) is 11.5 Å². The van der Waals surface area contributed by atoms with Crippen molar-refractivity contribution in [1.82, 2.24) is 5.32 Å². The lowest BCUT2D eigenvalue weighted by atomic mass is 10.1. The summed E-state index contributed by atoms with van der Waals surface area (Å²) in [6.45, 7) is 0.515. The first kappa shape index (κ1) is 17.8. The van der Waals surface area contributed by atoms with Gasteiger partial charge in [-0.1, -0.05) is 36.4 Å². The van der Waals surface area contributed by atoms with Crippen molar-refractivity contribution in [2.24, 2.45) is 0 Å². The van der Waals surface area contributed by atoms with Gasteiger partial charge in [-0.15, -0.1) is 0 Å². The molecule has 0 unspecified atom stereocenters. The van der Waals surface area contributed by atoms with Gasteiger partial charge in [-0.25, -0.2) is 0 Å². The summed E-state index contributed by atoms with van der Waals surface area (Å²) in [5.74, 6) is 1.22. The first-order chi connectivity index (χ1) is 11.7. The van der Waals surface area contributed by atoms with Gasteiger partial charge in [0.25, 0.3) is 5.91 Å². The average molecular weight is 329 g/mol. The molecule has 2 aromatic rings. The molecule has 0 saturated carbocycles. The van der Waals surface area contributed by atoms with Crippen molar-refractivity contribution in [3.05, 3.63) is 59.7 Å². The third-order valence-corrected chi connectivity index (χ3v) is 3.74. The number of carbonyl (C=O) groups excluding carboxylic acids is 1. The Hall–Kier alpha value is -2.53. The van der Waals surface area contributed by atoms with Crippen molar-refractivity contribution < 1.29 is 19.0 Å². The highest BCUT2D eigenvalue weighted by Gasteiger charge is 2.19. The van der Waals surface area contributed by atoms with Gasteiger partial charge in [0.15, 0.2) is 17.6 Å². The summed E-state index contributed by atoms with van der Waals surface area (Å²) < 4.78 is 15.8. The normalized spacial score (nSPS) is 11.6. The van der Waals surface area contributed by atoms with Gasteiger partial charge in [0.05, 0.1) is 14.2 Å².